The van der Waals surface area contributed by atoms with Gasteiger partial charge in [-0.1, -0.05) is 54.5 Å². The summed E-state index contributed by atoms with van der Waals surface area (Å²) >= 11 is 0. The average Bonchev–Trinajstić information content (AvgIpc) is 3.33. The quantitative estimate of drug-likeness (QED) is 0.356. The standard InChI is InChI=1S/C35H51N5O2/c1-30(2)15-17-35(13-10-11-27-37-39-40(9)38-27)18-16-34(7)28(22(35)20-30)24(41)19-26-32(5)21-23(36-8)29(42)31(3,4)25(32)12-14-33(26,34)6/h21-22,25-26,28H,10-20H2,1-7,9H3/t22-,25-,26+,28-,32-,33+,34+,35+/m0/s1. The Hall–Kier alpha value is -2.36. The first kappa shape index (κ1) is 29.7. The molecule has 5 aliphatic carbocycles. The number of rotatable bonds is 4. The first-order chi connectivity index (χ1) is 19.5. The Bertz CT molecular complexity index is 1380. The van der Waals surface area contributed by atoms with Crippen molar-refractivity contribution in [2.24, 2.45) is 63.2 Å². The maximum Gasteiger partial charge on any atom is 0.226 e. The summed E-state index contributed by atoms with van der Waals surface area (Å²) < 4.78 is 0. The highest BCUT2D eigenvalue weighted by atomic mass is 16.1. The molecule has 42 heavy (non-hydrogen) atoms. The van der Waals surface area contributed by atoms with Crippen molar-refractivity contribution in [1.29, 1.82) is 0 Å². The first-order valence-electron chi connectivity index (χ1n) is 16.4. The molecule has 0 amide bonds. The zero-order valence-electron chi connectivity index (χ0n) is 27.2. The second-order valence-electron chi connectivity index (χ2n) is 17.1. The van der Waals surface area contributed by atoms with Crippen LogP contribution >= 0.6 is 0 Å². The van der Waals surface area contributed by atoms with Gasteiger partial charge in [-0.05, 0) is 108 Å². The van der Waals surface area contributed by atoms with E-state index in [1.54, 1.807) is 0 Å². The van der Waals surface area contributed by atoms with Gasteiger partial charge in [0.05, 0.1) is 13.6 Å². The van der Waals surface area contributed by atoms with Crippen LogP contribution in [-0.4, -0.2) is 31.8 Å². The molecular weight excluding hydrogens is 522 g/mol. The number of tetrazole rings is 1. The number of allylic oxidation sites excluding steroid dienone is 2. The van der Waals surface area contributed by atoms with Crippen molar-refractivity contribution in [3.8, 4) is 0 Å². The third-order valence-electron chi connectivity index (χ3n) is 14.3. The molecule has 7 nitrogen and oxygen atoms in total. The van der Waals surface area contributed by atoms with Crippen molar-refractivity contribution < 1.29 is 9.59 Å². The van der Waals surface area contributed by atoms with E-state index in [2.05, 4.69) is 54.9 Å². The molecule has 0 radical (unpaired) electrons. The number of aryl methyl sites for hydroxylation is 2. The molecule has 5 aliphatic rings. The fourth-order valence-electron chi connectivity index (χ4n) is 11.8. The molecule has 0 N–H and O–H groups in total. The van der Waals surface area contributed by atoms with Gasteiger partial charge in [0.1, 0.15) is 5.78 Å². The SMILES string of the molecule is [C-]#[N+]C1=C[C@]2(C)[C@H]3CC(=O)[C@@H]4[C@@H]5CC(C)(C)CC[C@]5(CCCc5nnn(C)n5)CC[C@@]4(C)[C@]3(C)CC[C@H]2C(C)(C)C1=O. The number of Topliss-reactive ketones (excluding diaryl/α,β-unsaturated/α-hetero) is 2. The van der Waals surface area contributed by atoms with E-state index in [9.17, 15) is 9.59 Å². The van der Waals surface area contributed by atoms with Crippen molar-refractivity contribution in [2.45, 2.75) is 119 Å². The fourth-order valence-corrected chi connectivity index (χ4v) is 11.8. The van der Waals surface area contributed by atoms with E-state index in [1.165, 1.54) is 24.1 Å². The molecule has 1 aromatic heterocycles. The lowest BCUT2D eigenvalue weighted by molar-refractivity contribution is -0.223. The Morgan fingerprint density at radius 1 is 0.976 bits per heavy atom. The minimum Gasteiger partial charge on any atom is -0.307 e. The summed E-state index contributed by atoms with van der Waals surface area (Å²) in [4.78, 5) is 33.4. The number of hydrogen-bond donors (Lipinski definition) is 0. The Labute approximate surface area is 252 Å². The summed E-state index contributed by atoms with van der Waals surface area (Å²) in [7, 11) is 1.82. The molecule has 0 aromatic carbocycles. The van der Waals surface area contributed by atoms with Crippen LogP contribution in [0, 0.1) is 62.7 Å². The third-order valence-corrected chi connectivity index (χ3v) is 14.3. The zero-order valence-corrected chi connectivity index (χ0v) is 27.2. The topological polar surface area (TPSA) is 82.1 Å². The molecule has 6 rings (SSSR count). The van der Waals surface area contributed by atoms with Gasteiger partial charge in [-0.15, -0.1) is 10.2 Å². The molecule has 1 heterocycles. The molecule has 4 saturated carbocycles. The molecule has 0 aliphatic heterocycles. The van der Waals surface area contributed by atoms with Gasteiger partial charge in [0, 0.05) is 24.2 Å². The van der Waals surface area contributed by atoms with Gasteiger partial charge >= 0.3 is 0 Å². The van der Waals surface area contributed by atoms with E-state index in [0.29, 0.717) is 18.1 Å². The summed E-state index contributed by atoms with van der Waals surface area (Å²) in [5.41, 5.74) is -0.311. The maximum absolute atomic E-state index is 14.8. The van der Waals surface area contributed by atoms with Crippen LogP contribution in [0.2, 0.25) is 0 Å². The molecular formula is C35H51N5O2. The highest BCUT2D eigenvalue weighted by Gasteiger charge is 2.71. The Kier molecular flexibility index (Phi) is 6.59. The molecule has 0 bridgehead atoms. The van der Waals surface area contributed by atoms with Gasteiger partial charge in [-0.25, -0.2) is 4.85 Å². The zero-order chi connectivity index (χ0) is 30.5. The minimum absolute atomic E-state index is 0.0154. The van der Waals surface area contributed by atoms with Crippen LogP contribution in [0.4, 0.5) is 0 Å². The summed E-state index contributed by atoms with van der Waals surface area (Å²) in [6, 6.07) is 0. The molecule has 228 valence electrons. The minimum atomic E-state index is -0.585. The predicted octanol–water partition coefficient (Wildman–Crippen LogP) is 7.19. The lowest BCUT2D eigenvalue weighted by Crippen LogP contribution is -2.68. The Balaban J connectivity index is 1.37. The van der Waals surface area contributed by atoms with Crippen LogP contribution in [0.1, 0.15) is 118 Å². The van der Waals surface area contributed by atoms with Gasteiger partial charge in [0.2, 0.25) is 5.70 Å². The summed E-state index contributed by atoms with van der Waals surface area (Å²) in [5.74, 6) is 2.02. The van der Waals surface area contributed by atoms with Crippen LogP contribution in [0.25, 0.3) is 4.85 Å². The predicted molar refractivity (Wildman–Crippen MR) is 162 cm³/mol. The second-order valence-corrected chi connectivity index (χ2v) is 17.1. The number of fused-ring (bicyclic) bond motifs is 7. The average molecular weight is 574 g/mol. The van der Waals surface area contributed by atoms with Crippen molar-refractivity contribution >= 4 is 11.6 Å². The van der Waals surface area contributed by atoms with Gasteiger partial charge < -0.3 is 4.79 Å². The normalized spacial score (nSPS) is 43.7. The van der Waals surface area contributed by atoms with E-state index >= 15 is 0 Å². The van der Waals surface area contributed by atoms with E-state index in [-0.39, 0.29) is 56.3 Å². The molecule has 1 aromatic rings. The molecule has 8 atom stereocenters. The van der Waals surface area contributed by atoms with E-state index < -0.39 is 5.41 Å². The lowest BCUT2D eigenvalue weighted by atomic mass is 9.31. The Morgan fingerprint density at radius 2 is 1.69 bits per heavy atom. The van der Waals surface area contributed by atoms with Crippen molar-refractivity contribution in [1.82, 2.24) is 20.2 Å². The lowest BCUT2D eigenvalue weighted by Gasteiger charge is -2.72. The molecule has 4 fully saturated rings. The van der Waals surface area contributed by atoms with Gasteiger partial charge in [0.25, 0.3) is 0 Å². The van der Waals surface area contributed by atoms with Gasteiger partial charge in [-0.2, -0.15) is 4.80 Å². The smallest absolute Gasteiger partial charge is 0.226 e. The highest BCUT2D eigenvalue weighted by molar-refractivity contribution is 6.02. The third kappa shape index (κ3) is 3.98. The monoisotopic (exact) mass is 573 g/mol. The van der Waals surface area contributed by atoms with Crippen LogP contribution in [0.3, 0.4) is 0 Å². The van der Waals surface area contributed by atoms with Crippen LogP contribution in [0.15, 0.2) is 11.8 Å². The Morgan fingerprint density at radius 3 is 2.36 bits per heavy atom. The van der Waals surface area contributed by atoms with Crippen LogP contribution in [0.5, 0.6) is 0 Å². The summed E-state index contributed by atoms with van der Waals surface area (Å²) in [5, 5.41) is 12.7. The molecule has 0 spiro atoms. The van der Waals surface area contributed by atoms with E-state index in [0.717, 1.165) is 50.8 Å². The number of nitrogens with zero attached hydrogens (tertiary/aromatic N) is 5. The number of carbonyl (C=O) groups is 2. The van der Waals surface area contributed by atoms with Crippen molar-refractivity contribution in [2.75, 3.05) is 0 Å². The largest absolute Gasteiger partial charge is 0.307 e. The van der Waals surface area contributed by atoms with E-state index in [4.69, 9.17) is 6.57 Å². The number of ketones is 2. The first-order valence-corrected chi connectivity index (χ1v) is 16.4. The van der Waals surface area contributed by atoms with Crippen molar-refractivity contribution in [3.05, 3.63) is 29.0 Å². The summed E-state index contributed by atoms with van der Waals surface area (Å²) in [6.45, 7) is 24.0. The van der Waals surface area contributed by atoms with Gasteiger partial charge in [0.15, 0.2) is 11.6 Å². The number of aromatic nitrogens is 4. The number of hydrogen-bond acceptors (Lipinski definition) is 5. The number of carbonyl (C=O) groups excluding carboxylic acids is 2. The molecule has 0 unspecified atom stereocenters. The van der Waals surface area contributed by atoms with Crippen LogP contribution < -0.4 is 0 Å². The van der Waals surface area contributed by atoms with Crippen molar-refractivity contribution in [3.63, 3.8) is 0 Å². The fraction of sp³-hybridized carbons (Fsp3) is 0.829. The maximum atomic E-state index is 14.8. The molecule has 7 heteroatoms. The molecule has 0 saturated heterocycles. The highest BCUT2D eigenvalue weighted by Crippen LogP contribution is 2.76. The second kappa shape index (κ2) is 9.32. The van der Waals surface area contributed by atoms with E-state index in [1.807, 2.05) is 27.0 Å². The summed E-state index contributed by atoms with van der Waals surface area (Å²) in [6.07, 6.45) is 13.4. The van der Waals surface area contributed by atoms with Crippen LogP contribution in [-0.2, 0) is 23.1 Å². The van der Waals surface area contributed by atoms with Gasteiger partial charge in [-0.3, -0.25) is 4.79 Å².